The topological polar surface area (TPSA) is 23.5 Å². The molecule has 1 aromatic carbocycles. The van der Waals surface area contributed by atoms with E-state index in [4.69, 9.17) is 0 Å². The predicted molar refractivity (Wildman–Crippen MR) is 84.7 cm³/mol. The average Bonchev–Trinajstić information content (AvgIpc) is 2.54. The Labute approximate surface area is 123 Å². The summed E-state index contributed by atoms with van der Waals surface area (Å²) < 4.78 is 0. The first kappa shape index (κ1) is 15.5. The van der Waals surface area contributed by atoms with Crippen LogP contribution in [0, 0.1) is 5.41 Å². The summed E-state index contributed by atoms with van der Waals surface area (Å²) in [5.74, 6) is 0. The van der Waals surface area contributed by atoms with Crippen LogP contribution in [0.1, 0.15) is 57.6 Å². The minimum Gasteiger partial charge on any atom is -0.388 e. The van der Waals surface area contributed by atoms with Gasteiger partial charge in [0.1, 0.15) is 0 Å². The second-order valence-corrected chi connectivity index (χ2v) is 6.26. The van der Waals surface area contributed by atoms with Crippen LogP contribution in [-0.2, 0) is 0 Å². The van der Waals surface area contributed by atoms with Crippen molar-refractivity contribution < 1.29 is 5.11 Å². The zero-order chi connectivity index (χ0) is 14.4. The Kier molecular flexibility index (Phi) is 5.62. The molecule has 1 unspecified atom stereocenters. The van der Waals surface area contributed by atoms with Gasteiger partial charge in [0.2, 0.25) is 0 Å². The van der Waals surface area contributed by atoms with Gasteiger partial charge in [-0.2, -0.15) is 0 Å². The Balaban J connectivity index is 1.76. The summed E-state index contributed by atoms with van der Waals surface area (Å²) in [4.78, 5) is 2.52. The summed E-state index contributed by atoms with van der Waals surface area (Å²) in [6.45, 7) is 8.07. The lowest BCUT2D eigenvalue weighted by molar-refractivity contribution is 0.0782. The normalized spacial score (nSPS) is 20.8. The van der Waals surface area contributed by atoms with Gasteiger partial charge in [0.25, 0.3) is 0 Å². The molecular formula is C18H29NO. The van der Waals surface area contributed by atoms with Crippen molar-refractivity contribution in [3.05, 3.63) is 35.9 Å². The van der Waals surface area contributed by atoms with Crippen LogP contribution >= 0.6 is 0 Å². The quantitative estimate of drug-likeness (QED) is 0.848. The Bertz CT molecular complexity index is 376. The Morgan fingerprint density at radius 1 is 1.10 bits per heavy atom. The van der Waals surface area contributed by atoms with Crippen LogP contribution in [0.4, 0.5) is 0 Å². The van der Waals surface area contributed by atoms with E-state index in [0.29, 0.717) is 5.41 Å². The molecule has 112 valence electrons. The Morgan fingerprint density at radius 3 is 2.25 bits per heavy atom. The van der Waals surface area contributed by atoms with Gasteiger partial charge in [0, 0.05) is 6.54 Å². The standard InChI is InChI=1S/C18H29NO/c1-3-18(4-2)11-14-19(15-12-18)13-10-17(20)16-8-6-5-7-9-16/h5-9,17,20H,3-4,10-15H2,1-2H3. The molecule has 1 aliphatic heterocycles. The van der Waals surface area contributed by atoms with Crippen LogP contribution in [0.25, 0.3) is 0 Å². The van der Waals surface area contributed by atoms with E-state index in [0.717, 1.165) is 18.5 Å². The Morgan fingerprint density at radius 2 is 1.70 bits per heavy atom. The number of rotatable bonds is 6. The molecule has 2 rings (SSSR count). The van der Waals surface area contributed by atoms with Gasteiger partial charge in [-0.15, -0.1) is 0 Å². The molecule has 0 bridgehead atoms. The summed E-state index contributed by atoms with van der Waals surface area (Å²) in [7, 11) is 0. The lowest BCUT2D eigenvalue weighted by atomic mass is 9.74. The number of piperidine rings is 1. The summed E-state index contributed by atoms with van der Waals surface area (Å²) in [5.41, 5.74) is 1.63. The molecule has 1 aromatic rings. The van der Waals surface area contributed by atoms with E-state index >= 15 is 0 Å². The van der Waals surface area contributed by atoms with Gasteiger partial charge in [0.15, 0.2) is 0 Å². The first-order valence-electron chi connectivity index (χ1n) is 8.14. The lowest BCUT2D eigenvalue weighted by Crippen LogP contribution is -2.40. The predicted octanol–water partition coefficient (Wildman–Crippen LogP) is 4.01. The monoisotopic (exact) mass is 275 g/mol. The van der Waals surface area contributed by atoms with E-state index in [-0.39, 0.29) is 6.10 Å². The number of aliphatic hydroxyl groups excluding tert-OH is 1. The number of benzene rings is 1. The van der Waals surface area contributed by atoms with Crippen LogP contribution in [0.5, 0.6) is 0 Å². The highest BCUT2D eigenvalue weighted by molar-refractivity contribution is 5.17. The molecule has 1 N–H and O–H groups in total. The fourth-order valence-corrected chi connectivity index (χ4v) is 3.35. The molecule has 1 aliphatic rings. The maximum absolute atomic E-state index is 10.2. The number of hydrogen-bond donors (Lipinski definition) is 1. The van der Waals surface area contributed by atoms with E-state index < -0.39 is 0 Å². The van der Waals surface area contributed by atoms with Crippen molar-refractivity contribution in [1.29, 1.82) is 0 Å². The zero-order valence-electron chi connectivity index (χ0n) is 13.0. The number of nitrogens with zero attached hydrogens (tertiary/aromatic N) is 1. The molecule has 0 aliphatic carbocycles. The number of likely N-dealkylation sites (tertiary alicyclic amines) is 1. The van der Waals surface area contributed by atoms with Crippen molar-refractivity contribution in [2.24, 2.45) is 5.41 Å². The molecule has 1 heterocycles. The van der Waals surface area contributed by atoms with Crippen LogP contribution < -0.4 is 0 Å². The molecule has 20 heavy (non-hydrogen) atoms. The second kappa shape index (κ2) is 7.24. The van der Waals surface area contributed by atoms with Crippen molar-refractivity contribution in [1.82, 2.24) is 4.90 Å². The fraction of sp³-hybridized carbons (Fsp3) is 0.667. The van der Waals surface area contributed by atoms with Gasteiger partial charge >= 0.3 is 0 Å². The lowest BCUT2D eigenvalue weighted by Gasteiger charge is -2.41. The molecular weight excluding hydrogens is 246 g/mol. The second-order valence-electron chi connectivity index (χ2n) is 6.26. The minimum absolute atomic E-state index is 0.319. The third-order valence-corrected chi connectivity index (χ3v) is 5.32. The van der Waals surface area contributed by atoms with Gasteiger partial charge in [-0.25, -0.2) is 0 Å². The summed E-state index contributed by atoms with van der Waals surface area (Å²) in [6, 6.07) is 10.0. The van der Waals surface area contributed by atoms with Crippen molar-refractivity contribution in [2.75, 3.05) is 19.6 Å². The molecule has 0 amide bonds. The maximum Gasteiger partial charge on any atom is 0.0802 e. The van der Waals surface area contributed by atoms with E-state index in [1.165, 1.54) is 38.8 Å². The highest BCUT2D eigenvalue weighted by Gasteiger charge is 2.31. The van der Waals surface area contributed by atoms with Crippen LogP contribution in [0.3, 0.4) is 0 Å². The molecule has 0 aromatic heterocycles. The maximum atomic E-state index is 10.2. The van der Waals surface area contributed by atoms with Crippen LogP contribution in [0.2, 0.25) is 0 Å². The zero-order valence-corrected chi connectivity index (χ0v) is 13.0. The smallest absolute Gasteiger partial charge is 0.0802 e. The van der Waals surface area contributed by atoms with Crippen molar-refractivity contribution in [3.63, 3.8) is 0 Å². The summed E-state index contributed by atoms with van der Waals surface area (Å²) in [6.07, 6.45) is 5.78. The molecule has 2 nitrogen and oxygen atoms in total. The molecule has 0 spiro atoms. The minimum atomic E-state index is -0.319. The van der Waals surface area contributed by atoms with Gasteiger partial charge in [0.05, 0.1) is 6.10 Å². The van der Waals surface area contributed by atoms with Gasteiger partial charge in [-0.3, -0.25) is 0 Å². The van der Waals surface area contributed by atoms with Crippen molar-refractivity contribution >= 4 is 0 Å². The van der Waals surface area contributed by atoms with Gasteiger partial charge < -0.3 is 10.0 Å². The fourth-order valence-electron chi connectivity index (χ4n) is 3.35. The van der Waals surface area contributed by atoms with Crippen molar-refractivity contribution in [3.8, 4) is 0 Å². The molecule has 1 fully saturated rings. The Hall–Kier alpha value is -0.860. The summed E-state index contributed by atoms with van der Waals surface area (Å²) >= 11 is 0. The number of aliphatic hydroxyl groups is 1. The molecule has 1 saturated heterocycles. The van der Waals surface area contributed by atoms with Crippen LogP contribution in [0.15, 0.2) is 30.3 Å². The first-order chi connectivity index (χ1) is 9.69. The van der Waals surface area contributed by atoms with Gasteiger partial charge in [-0.1, -0.05) is 57.0 Å². The first-order valence-corrected chi connectivity index (χ1v) is 8.14. The molecule has 0 saturated carbocycles. The van der Waals surface area contributed by atoms with E-state index in [2.05, 4.69) is 18.7 Å². The van der Waals surface area contributed by atoms with E-state index in [9.17, 15) is 5.11 Å². The average molecular weight is 275 g/mol. The van der Waals surface area contributed by atoms with E-state index in [1.807, 2.05) is 30.3 Å². The van der Waals surface area contributed by atoms with Crippen molar-refractivity contribution in [2.45, 2.75) is 52.1 Å². The van der Waals surface area contributed by atoms with Crippen LogP contribution in [-0.4, -0.2) is 29.6 Å². The number of hydrogen-bond acceptors (Lipinski definition) is 2. The highest BCUT2D eigenvalue weighted by atomic mass is 16.3. The highest BCUT2D eigenvalue weighted by Crippen LogP contribution is 2.38. The SMILES string of the molecule is CCC1(CC)CCN(CCC(O)c2ccccc2)CC1. The van der Waals surface area contributed by atoms with E-state index in [1.54, 1.807) is 0 Å². The van der Waals surface area contributed by atoms with Gasteiger partial charge in [-0.05, 0) is 43.3 Å². The summed E-state index contributed by atoms with van der Waals surface area (Å²) in [5, 5.41) is 10.2. The third kappa shape index (κ3) is 3.83. The third-order valence-electron chi connectivity index (χ3n) is 5.32. The molecule has 2 heteroatoms. The molecule has 1 atom stereocenters. The molecule has 0 radical (unpaired) electrons. The largest absolute Gasteiger partial charge is 0.388 e.